The Balaban J connectivity index is 0.992. The molecule has 8 rings (SSSR count). The van der Waals surface area contributed by atoms with E-state index in [1.165, 1.54) is 52.2 Å². The van der Waals surface area contributed by atoms with Gasteiger partial charge in [0.1, 0.15) is 0 Å². The average Bonchev–Trinajstić information content (AvgIpc) is 3.80. The lowest BCUT2D eigenvalue weighted by atomic mass is 10.0. The van der Waals surface area contributed by atoms with Gasteiger partial charge in [0.05, 0.1) is 11.4 Å². The average molecular weight is 625 g/mol. The van der Waals surface area contributed by atoms with Crippen molar-refractivity contribution in [2.75, 3.05) is 0 Å². The predicted molar refractivity (Wildman–Crippen MR) is 200 cm³/mol. The third-order valence-corrected chi connectivity index (χ3v) is 10.2. The van der Waals surface area contributed by atoms with Crippen LogP contribution in [0, 0.1) is 0 Å². The van der Waals surface area contributed by atoms with Crippen molar-refractivity contribution in [1.82, 2.24) is 9.97 Å². The Morgan fingerprint density at radius 1 is 0.413 bits per heavy atom. The van der Waals surface area contributed by atoms with E-state index in [-0.39, 0.29) is 0 Å². The van der Waals surface area contributed by atoms with Gasteiger partial charge in [-0.1, -0.05) is 97.1 Å². The molecular formula is C42H28N2S2. The Bertz CT molecular complexity index is 2210. The number of fused-ring (bicyclic) bond motifs is 2. The fourth-order valence-corrected chi connectivity index (χ4v) is 7.69. The molecule has 0 saturated carbocycles. The molecule has 0 radical (unpaired) electrons. The maximum Gasteiger partial charge on any atom is 0.0892 e. The number of pyridine rings is 2. The molecule has 8 aromatic rings. The summed E-state index contributed by atoms with van der Waals surface area (Å²) in [6.07, 6.45) is 12.4. The number of nitrogens with zero attached hydrogens (tertiary/aromatic N) is 2. The summed E-state index contributed by atoms with van der Waals surface area (Å²) in [6, 6.07) is 47.2. The molecule has 0 fully saturated rings. The molecule has 0 aliphatic heterocycles. The van der Waals surface area contributed by atoms with Gasteiger partial charge in [0.15, 0.2) is 0 Å². The van der Waals surface area contributed by atoms with E-state index in [0.717, 1.165) is 22.5 Å². The van der Waals surface area contributed by atoms with E-state index in [1.54, 1.807) is 22.7 Å². The number of hydrogen-bond donors (Lipinski definition) is 0. The first kappa shape index (κ1) is 28.1. The molecule has 218 valence electrons. The summed E-state index contributed by atoms with van der Waals surface area (Å²) in [7, 11) is 0. The van der Waals surface area contributed by atoms with Crippen LogP contribution in [0.5, 0.6) is 0 Å². The zero-order valence-electron chi connectivity index (χ0n) is 24.9. The highest BCUT2D eigenvalue weighted by atomic mass is 32.1. The van der Waals surface area contributed by atoms with E-state index < -0.39 is 0 Å². The Morgan fingerprint density at radius 3 is 1.37 bits per heavy atom. The van der Waals surface area contributed by atoms with Gasteiger partial charge in [-0.05, 0) is 104 Å². The van der Waals surface area contributed by atoms with Crippen molar-refractivity contribution in [3.8, 4) is 32.3 Å². The van der Waals surface area contributed by atoms with Gasteiger partial charge in [-0.15, -0.1) is 22.7 Å². The van der Waals surface area contributed by atoms with Crippen LogP contribution in [0.2, 0.25) is 0 Å². The number of benzene rings is 4. The molecule has 0 atom stereocenters. The number of rotatable bonds is 7. The molecule has 4 heteroatoms. The summed E-state index contributed by atoms with van der Waals surface area (Å²) in [5.74, 6) is 0. The summed E-state index contributed by atoms with van der Waals surface area (Å²) in [4.78, 5) is 14.3. The Kier molecular flexibility index (Phi) is 7.65. The van der Waals surface area contributed by atoms with Crippen LogP contribution in [0.4, 0.5) is 0 Å². The molecule has 0 N–H and O–H groups in total. The van der Waals surface area contributed by atoms with Crippen LogP contribution in [0.3, 0.4) is 0 Å². The zero-order chi connectivity index (χ0) is 30.7. The first-order chi connectivity index (χ1) is 22.8. The summed E-state index contributed by atoms with van der Waals surface area (Å²) >= 11 is 3.61. The Labute approximate surface area is 276 Å². The molecule has 0 aliphatic rings. The Hall–Kier alpha value is -5.42. The largest absolute Gasteiger partial charge is 0.255 e. The van der Waals surface area contributed by atoms with Gasteiger partial charge in [-0.25, -0.2) is 0 Å². The summed E-state index contributed by atoms with van der Waals surface area (Å²) in [5.41, 5.74) is 6.44. The van der Waals surface area contributed by atoms with Crippen LogP contribution in [0.15, 0.2) is 146 Å². The topological polar surface area (TPSA) is 25.8 Å². The second kappa shape index (κ2) is 12.5. The number of aromatic nitrogens is 2. The smallest absolute Gasteiger partial charge is 0.0892 e. The second-order valence-corrected chi connectivity index (χ2v) is 13.3. The minimum atomic E-state index is 0.856. The highest BCUT2D eigenvalue weighted by Gasteiger charge is 2.08. The van der Waals surface area contributed by atoms with Gasteiger partial charge in [0.25, 0.3) is 0 Å². The first-order valence-corrected chi connectivity index (χ1v) is 16.8. The fourth-order valence-electron chi connectivity index (χ4n) is 5.79. The monoisotopic (exact) mass is 624 g/mol. The van der Waals surface area contributed by atoms with Gasteiger partial charge in [0, 0.05) is 31.9 Å². The number of thiophene rings is 2. The second-order valence-electron chi connectivity index (χ2n) is 11.1. The summed E-state index contributed by atoms with van der Waals surface area (Å²) in [6.45, 7) is 0. The molecule has 4 heterocycles. The van der Waals surface area contributed by atoms with E-state index in [2.05, 4.69) is 156 Å². The lowest BCUT2D eigenvalue weighted by Gasteiger charge is -2.04. The minimum Gasteiger partial charge on any atom is -0.255 e. The molecule has 0 aliphatic carbocycles. The molecule has 46 heavy (non-hydrogen) atoms. The van der Waals surface area contributed by atoms with E-state index >= 15 is 0 Å². The van der Waals surface area contributed by atoms with Crippen LogP contribution >= 0.6 is 22.7 Å². The third kappa shape index (κ3) is 5.84. The van der Waals surface area contributed by atoms with Crippen molar-refractivity contribution in [3.05, 3.63) is 167 Å². The van der Waals surface area contributed by atoms with E-state index in [4.69, 9.17) is 0 Å². The first-order valence-electron chi connectivity index (χ1n) is 15.2. The van der Waals surface area contributed by atoms with Crippen LogP contribution in [0.25, 0.3) is 78.1 Å². The molecule has 4 aromatic carbocycles. The van der Waals surface area contributed by atoms with Crippen LogP contribution in [0.1, 0.15) is 20.9 Å². The van der Waals surface area contributed by atoms with Gasteiger partial charge >= 0.3 is 0 Å². The van der Waals surface area contributed by atoms with Crippen LogP contribution < -0.4 is 0 Å². The third-order valence-electron chi connectivity index (χ3n) is 8.07. The highest BCUT2D eigenvalue weighted by molar-refractivity contribution is 7.16. The molecule has 2 nitrogen and oxygen atoms in total. The van der Waals surface area contributed by atoms with E-state index in [0.29, 0.717) is 0 Å². The quantitative estimate of drug-likeness (QED) is 0.176. The lowest BCUT2D eigenvalue weighted by molar-refractivity contribution is 1.24. The molecule has 0 saturated heterocycles. The summed E-state index contributed by atoms with van der Waals surface area (Å²) in [5, 5.41) is 5.10. The maximum atomic E-state index is 4.64. The highest BCUT2D eigenvalue weighted by Crippen LogP contribution is 2.36. The lowest BCUT2D eigenvalue weighted by Crippen LogP contribution is -1.88. The van der Waals surface area contributed by atoms with Gasteiger partial charge in [0.2, 0.25) is 0 Å². The van der Waals surface area contributed by atoms with Crippen molar-refractivity contribution < 1.29 is 0 Å². The van der Waals surface area contributed by atoms with Crippen molar-refractivity contribution in [2.24, 2.45) is 0 Å². The van der Waals surface area contributed by atoms with Crippen molar-refractivity contribution in [2.45, 2.75) is 0 Å². The van der Waals surface area contributed by atoms with Crippen molar-refractivity contribution in [3.63, 3.8) is 0 Å². The summed E-state index contributed by atoms with van der Waals surface area (Å²) < 4.78 is 0. The maximum absolute atomic E-state index is 4.64. The van der Waals surface area contributed by atoms with Gasteiger partial charge in [-0.2, -0.15) is 0 Å². The number of hydrogen-bond acceptors (Lipinski definition) is 4. The van der Waals surface area contributed by atoms with Crippen LogP contribution in [-0.4, -0.2) is 9.97 Å². The zero-order valence-corrected chi connectivity index (χ0v) is 26.5. The molecule has 0 amide bonds. The minimum absolute atomic E-state index is 0.856. The van der Waals surface area contributed by atoms with Gasteiger partial charge in [-0.3, -0.25) is 9.97 Å². The van der Waals surface area contributed by atoms with Gasteiger partial charge < -0.3 is 0 Å². The Morgan fingerprint density at radius 2 is 0.870 bits per heavy atom. The molecule has 4 aromatic heterocycles. The fraction of sp³-hybridized carbons (Fsp3) is 0. The van der Waals surface area contributed by atoms with E-state index in [1.807, 2.05) is 24.5 Å². The molecule has 0 unspecified atom stereocenters. The SMILES string of the molecule is C(=Cc1ccc(-c2cccc3ccccc23)s1)c1ccnc(-c2cc(C=Cc3ccc(-c4cccc5ccccc45)s3)ccn2)c1. The van der Waals surface area contributed by atoms with Crippen molar-refractivity contribution in [1.29, 1.82) is 0 Å². The standard InChI is InChI=1S/C42H28N2S2/c1-3-11-35-31(7-1)9-5-13-37(35)41-21-19-33(45-41)17-15-29-23-25-43-39(27-29)40-28-30(24-26-44-40)16-18-34-20-22-42(46-34)38-14-6-10-32-8-2-4-12-36(32)38/h1-28H. The predicted octanol–water partition coefficient (Wildman–Crippen LogP) is 12.2. The molecular weight excluding hydrogens is 597 g/mol. The van der Waals surface area contributed by atoms with Crippen LogP contribution in [-0.2, 0) is 0 Å². The molecule has 0 spiro atoms. The molecule has 0 bridgehead atoms. The normalized spacial score (nSPS) is 11.7. The van der Waals surface area contributed by atoms with E-state index in [9.17, 15) is 0 Å². The van der Waals surface area contributed by atoms with Crippen molar-refractivity contribution >= 4 is 68.5 Å².